The summed E-state index contributed by atoms with van der Waals surface area (Å²) < 4.78 is 1.93. The molecule has 1 atom stereocenters. The summed E-state index contributed by atoms with van der Waals surface area (Å²) in [6.07, 6.45) is 2.37. The first-order chi connectivity index (χ1) is 8.72. The molecule has 1 N–H and O–H groups in total. The van der Waals surface area contributed by atoms with Crippen LogP contribution < -0.4 is 0 Å². The number of rotatable bonds is 5. The lowest BCUT2D eigenvalue weighted by Gasteiger charge is -2.07. The Balaban J connectivity index is 2.06. The van der Waals surface area contributed by atoms with Crippen molar-refractivity contribution >= 4 is 34.9 Å². The Morgan fingerprint density at radius 1 is 1.22 bits per heavy atom. The molecule has 18 heavy (non-hydrogen) atoms. The first-order valence-corrected chi connectivity index (χ1v) is 8.42. The maximum Gasteiger partial charge on any atom is 0.179 e. The fourth-order valence-electron chi connectivity index (χ4n) is 1.42. The van der Waals surface area contributed by atoms with Crippen molar-refractivity contribution in [2.45, 2.75) is 33.0 Å². The number of thioether (sulfide) groups is 1. The molecular formula is C12H14N2OS3. The lowest BCUT2D eigenvalue weighted by molar-refractivity contribution is 0.173. The summed E-state index contributed by atoms with van der Waals surface area (Å²) in [5, 5.41) is 17.9. The first kappa shape index (κ1) is 13.9. The van der Waals surface area contributed by atoms with E-state index in [0.29, 0.717) is 0 Å². The highest BCUT2D eigenvalue weighted by Gasteiger charge is 2.07. The maximum atomic E-state index is 9.72. The number of hydrogen-bond acceptors (Lipinski definition) is 6. The molecule has 1 aromatic carbocycles. The van der Waals surface area contributed by atoms with Gasteiger partial charge >= 0.3 is 0 Å². The average Bonchev–Trinajstić information content (AvgIpc) is 2.86. The van der Waals surface area contributed by atoms with Gasteiger partial charge in [-0.1, -0.05) is 53.9 Å². The third kappa shape index (κ3) is 3.47. The van der Waals surface area contributed by atoms with E-state index in [2.05, 4.69) is 10.2 Å². The number of benzene rings is 1. The van der Waals surface area contributed by atoms with Gasteiger partial charge in [-0.2, -0.15) is 0 Å². The van der Waals surface area contributed by atoms with E-state index in [1.54, 1.807) is 34.9 Å². The molecule has 2 rings (SSSR count). The van der Waals surface area contributed by atoms with Gasteiger partial charge in [0.1, 0.15) is 0 Å². The minimum Gasteiger partial charge on any atom is -0.388 e. The van der Waals surface area contributed by atoms with Crippen LogP contribution in [-0.2, 0) is 0 Å². The molecule has 2 aromatic rings. The Kier molecular flexibility index (Phi) is 5.05. The van der Waals surface area contributed by atoms with Crippen LogP contribution in [0.15, 0.2) is 37.8 Å². The van der Waals surface area contributed by atoms with E-state index in [0.717, 1.165) is 25.6 Å². The van der Waals surface area contributed by atoms with Crippen molar-refractivity contribution in [3.8, 4) is 0 Å². The van der Waals surface area contributed by atoms with Gasteiger partial charge in [0.25, 0.3) is 0 Å². The lowest BCUT2D eigenvalue weighted by Crippen LogP contribution is -1.93. The highest BCUT2D eigenvalue weighted by molar-refractivity contribution is 8.03. The van der Waals surface area contributed by atoms with Crippen LogP contribution in [0.3, 0.4) is 0 Å². The van der Waals surface area contributed by atoms with Crippen molar-refractivity contribution in [1.82, 2.24) is 10.2 Å². The molecule has 0 saturated heterocycles. The van der Waals surface area contributed by atoms with Gasteiger partial charge in [-0.15, -0.1) is 10.2 Å². The highest BCUT2D eigenvalue weighted by Crippen LogP contribution is 2.33. The number of aliphatic hydroxyl groups excluding tert-OH is 1. The van der Waals surface area contributed by atoms with Gasteiger partial charge in [0, 0.05) is 4.90 Å². The second-order valence-electron chi connectivity index (χ2n) is 3.63. The van der Waals surface area contributed by atoms with Crippen LogP contribution in [0.5, 0.6) is 0 Å². The molecule has 0 aliphatic rings. The van der Waals surface area contributed by atoms with Gasteiger partial charge in [0.2, 0.25) is 0 Å². The smallest absolute Gasteiger partial charge is 0.179 e. The van der Waals surface area contributed by atoms with Gasteiger partial charge in [0.05, 0.1) is 6.10 Å². The molecule has 0 aliphatic heterocycles. The predicted molar refractivity (Wildman–Crippen MR) is 77.5 cm³/mol. The Morgan fingerprint density at radius 3 is 2.44 bits per heavy atom. The van der Waals surface area contributed by atoms with Crippen molar-refractivity contribution in [2.24, 2.45) is 0 Å². The van der Waals surface area contributed by atoms with Crippen LogP contribution in [0.4, 0.5) is 0 Å². The minimum atomic E-state index is -0.367. The molecule has 3 nitrogen and oxygen atoms in total. The van der Waals surface area contributed by atoms with E-state index in [-0.39, 0.29) is 6.10 Å². The molecule has 0 saturated carbocycles. The van der Waals surface area contributed by atoms with Crippen molar-refractivity contribution < 1.29 is 5.11 Å². The minimum absolute atomic E-state index is 0.367. The Bertz CT molecular complexity index is 498. The molecule has 0 aliphatic carbocycles. The zero-order chi connectivity index (χ0) is 13.0. The Hall–Kier alpha value is -0.560. The van der Waals surface area contributed by atoms with Crippen molar-refractivity contribution in [1.29, 1.82) is 0 Å². The van der Waals surface area contributed by atoms with Gasteiger partial charge < -0.3 is 5.11 Å². The summed E-state index contributed by atoms with van der Waals surface area (Å²) in [5.74, 6) is 0. The first-order valence-electron chi connectivity index (χ1n) is 5.56. The number of nitrogens with zero attached hydrogens (tertiary/aromatic N) is 2. The monoisotopic (exact) mass is 298 g/mol. The molecule has 1 aromatic heterocycles. The van der Waals surface area contributed by atoms with Crippen LogP contribution >= 0.6 is 34.9 Å². The second-order valence-corrected chi connectivity index (χ2v) is 6.98. The van der Waals surface area contributed by atoms with Gasteiger partial charge in [-0.3, -0.25) is 0 Å². The summed E-state index contributed by atoms with van der Waals surface area (Å²) >= 11 is 4.81. The summed E-state index contributed by atoms with van der Waals surface area (Å²) in [6.45, 7) is 1.97. The van der Waals surface area contributed by atoms with Crippen molar-refractivity contribution in [3.05, 3.63) is 29.8 Å². The zero-order valence-corrected chi connectivity index (χ0v) is 12.6. The van der Waals surface area contributed by atoms with E-state index in [4.69, 9.17) is 0 Å². The number of aromatic nitrogens is 2. The highest BCUT2D eigenvalue weighted by atomic mass is 32.2. The summed E-state index contributed by atoms with van der Waals surface area (Å²) in [4.78, 5) is 1.12. The molecule has 0 amide bonds. The third-order valence-electron chi connectivity index (χ3n) is 2.42. The molecular weight excluding hydrogens is 284 g/mol. The van der Waals surface area contributed by atoms with Crippen LogP contribution in [0.25, 0.3) is 0 Å². The lowest BCUT2D eigenvalue weighted by atomic mass is 10.1. The molecule has 6 heteroatoms. The van der Waals surface area contributed by atoms with E-state index in [1.807, 2.05) is 37.4 Å². The van der Waals surface area contributed by atoms with Gasteiger partial charge in [-0.25, -0.2) is 0 Å². The molecule has 0 bridgehead atoms. The Labute approximate surface area is 119 Å². The van der Waals surface area contributed by atoms with Crippen LogP contribution in [-0.4, -0.2) is 21.6 Å². The van der Waals surface area contributed by atoms with Gasteiger partial charge in [0.15, 0.2) is 8.68 Å². The van der Waals surface area contributed by atoms with Crippen molar-refractivity contribution in [2.75, 3.05) is 6.26 Å². The van der Waals surface area contributed by atoms with E-state index in [1.165, 1.54) is 0 Å². The third-order valence-corrected chi connectivity index (χ3v) is 5.38. The number of aliphatic hydroxyl groups is 1. The fraction of sp³-hybridized carbons (Fsp3) is 0.333. The topological polar surface area (TPSA) is 46.0 Å². The summed E-state index contributed by atoms with van der Waals surface area (Å²) in [5.41, 5.74) is 0.962. The van der Waals surface area contributed by atoms with E-state index < -0.39 is 0 Å². The van der Waals surface area contributed by atoms with Gasteiger partial charge in [-0.05, 0) is 30.4 Å². The maximum absolute atomic E-state index is 9.72. The second kappa shape index (κ2) is 6.56. The zero-order valence-electron chi connectivity index (χ0n) is 10.2. The van der Waals surface area contributed by atoms with Crippen LogP contribution in [0.2, 0.25) is 0 Å². The standard InChI is InChI=1S/C12H14N2OS3/c1-3-10(15)8-4-6-9(7-5-8)17-12-14-13-11(16-2)18-12/h4-7,10,15H,3H2,1-2H3/t10-/m0/s1. The molecule has 96 valence electrons. The quantitative estimate of drug-likeness (QED) is 0.849. The summed E-state index contributed by atoms with van der Waals surface area (Å²) in [7, 11) is 0. The molecule has 0 spiro atoms. The van der Waals surface area contributed by atoms with E-state index >= 15 is 0 Å². The van der Waals surface area contributed by atoms with E-state index in [9.17, 15) is 5.11 Å². The predicted octanol–water partition coefficient (Wildman–Crippen LogP) is 3.85. The van der Waals surface area contributed by atoms with Crippen LogP contribution in [0.1, 0.15) is 25.0 Å². The summed E-state index contributed by atoms with van der Waals surface area (Å²) in [6, 6.07) is 7.96. The Morgan fingerprint density at radius 2 is 1.89 bits per heavy atom. The average molecular weight is 298 g/mol. The van der Waals surface area contributed by atoms with Crippen molar-refractivity contribution in [3.63, 3.8) is 0 Å². The number of hydrogen-bond donors (Lipinski definition) is 1. The fourth-order valence-corrected chi connectivity index (χ4v) is 3.83. The molecule has 1 heterocycles. The normalized spacial score (nSPS) is 12.6. The SMILES string of the molecule is CC[C@H](O)c1ccc(Sc2nnc(SC)s2)cc1. The molecule has 0 fully saturated rings. The largest absolute Gasteiger partial charge is 0.388 e. The molecule has 0 unspecified atom stereocenters. The molecule has 0 radical (unpaired) electrons. The van der Waals surface area contributed by atoms with Crippen LogP contribution in [0, 0.1) is 0 Å².